The number of hydrogen-bond donors (Lipinski definition) is 0. The molecule has 0 N–H and O–H groups in total. The van der Waals surface area contributed by atoms with E-state index in [4.69, 9.17) is 4.11 Å². The van der Waals surface area contributed by atoms with E-state index in [1.54, 1.807) is 0 Å². The Labute approximate surface area is 43.8 Å². The summed E-state index contributed by atoms with van der Waals surface area (Å²) in [5.41, 5.74) is 0. The highest BCUT2D eigenvalue weighted by atomic mass is 13.8. The summed E-state index contributed by atoms with van der Waals surface area (Å²) >= 11 is 0. The molecule has 0 saturated heterocycles. The molecule has 0 aliphatic heterocycles. The van der Waals surface area contributed by atoms with E-state index < -0.39 is 6.85 Å². The first-order valence-electron chi connectivity index (χ1n) is 3.44. The van der Waals surface area contributed by atoms with Gasteiger partial charge in [0.25, 0.3) is 0 Å². The van der Waals surface area contributed by atoms with Crippen molar-refractivity contribution in [2.75, 3.05) is 0 Å². The zero-order valence-corrected chi connectivity index (χ0v) is 4.08. The summed E-state index contributed by atoms with van der Waals surface area (Å²) in [6.45, 7) is 1.64. The minimum Gasteiger partial charge on any atom is -0.106 e. The smallest absolute Gasteiger partial charge is 0.0366 e. The first-order chi connectivity index (χ1) is 3.92. The highest BCUT2D eigenvalue weighted by Gasteiger charge is 1.75. The predicted octanol–water partition coefficient (Wildman–Crippen LogP) is 1.67. The van der Waals surface area contributed by atoms with Gasteiger partial charge in [-0.15, -0.1) is 11.8 Å². The predicted molar refractivity (Wildman–Crippen MR) is 28.3 cm³/mol. The van der Waals surface area contributed by atoms with Crippen molar-refractivity contribution in [1.82, 2.24) is 0 Å². The molecule has 0 amide bonds. The standard InChI is InChI=1S/C6H10/c1-4-5-6(2)3/h6H,1-3H3/i1D3. The van der Waals surface area contributed by atoms with Crippen molar-refractivity contribution in [3.8, 4) is 11.8 Å². The van der Waals surface area contributed by atoms with E-state index in [1.165, 1.54) is 0 Å². The van der Waals surface area contributed by atoms with E-state index in [2.05, 4.69) is 11.8 Å². The summed E-state index contributed by atoms with van der Waals surface area (Å²) in [5, 5.41) is 0. The molecule has 0 atom stereocenters. The summed E-state index contributed by atoms with van der Waals surface area (Å²) in [6.07, 6.45) is 0. The molecular weight excluding hydrogens is 72.1 g/mol. The first kappa shape index (κ1) is 2.02. The fourth-order valence-corrected chi connectivity index (χ4v) is 0.144. The van der Waals surface area contributed by atoms with E-state index in [0.29, 0.717) is 0 Å². The van der Waals surface area contributed by atoms with Gasteiger partial charge in [0.1, 0.15) is 0 Å². The van der Waals surface area contributed by atoms with Crippen LogP contribution in [0.25, 0.3) is 0 Å². The minimum atomic E-state index is -2.08. The fourth-order valence-electron chi connectivity index (χ4n) is 0.144. The molecular formula is C6H10. The largest absolute Gasteiger partial charge is 0.106 e. The van der Waals surface area contributed by atoms with Crippen LogP contribution < -0.4 is 0 Å². The van der Waals surface area contributed by atoms with Crippen LogP contribution in [0.1, 0.15) is 24.8 Å². The van der Waals surface area contributed by atoms with Crippen LogP contribution in [0, 0.1) is 17.8 Å². The zero-order valence-electron chi connectivity index (χ0n) is 7.08. The summed E-state index contributed by atoms with van der Waals surface area (Å²) in [7, 11) is 0. The minimum absolute atomic E-state index is 0.144. The molecule has 0 aliphatic carbocycles. The van der Waals surface area contributed by atoms with Crippen LogP contribution >= 0.6 is 0 Å². The molecule has 0 radical (unpaired) electrons. The van der Waals surface area contributed by atoms with E-state index in [-0.39, 0.29) is 5.92 Å². The molecule has 6 heavy (non-hydrogen) atoms. The van der Waals surface area contributed by atoms with E-state index >= 15 is 0 Å². The Balaban J connectivity index is 3.88. The summed E-state index contributed by atoms with van der Waals surface area (Å²) < 4.78 is 20.1. The Morgan fingerprint density at radius 1 is 1.67 bits per heavy atom. The van der Waals surface area contributed by atoms with Crippen molar-refractivity contribution in [3.05, 3.63) is 0 Å². The van der Waals surface area contributed by atoms with Crippen LogP contribution in [-0.4, -0.2) is 0 Å². The second-order valence-electron chi connectivity index (χ2n) is 1.42. The Morgan fingerprint density at radius 2 is 2.33 bits per heavy atom. The van der Waals surface area contributed by atoms with Crippen LogP contribution in [-0.2, 0) is 0 Å². The fraction of sp³-hybridized carbons (Fsp3) is 0.667. The molecule has 0 unspecified atom stereocenters. The van der Waals surface area contributed by atoms with Gasteiger partial charge in [-0.25, -0.2) is 0 Å². The molecule has 0 fully saturated rings. The van der Waals surface area contributed by atoms with Crippen molar-refractivity contribution in [2.24, 2.45) is 5.92 Å². The third kappa shape index (κ3) is 3.56. The molecule has 0 spiro atoms. The molecule has 0 saturated carbocycles. The lowest BCUT2D eigenvalue weighted by molar-refractivity contribution is 0.866. The SMILES string of the molecule is [2H]C([2H])([2H])C#CC(C)C. The monoisotopic (exact) mass is 85.1 g/mol. The molecule has 0 aliphatic rings. The van der Waals surface area contributed by atoms with Gasteiger partial charge in [-0.2, -0.15) is 0 Å². The van der Waals surface area contributed by atoms with Crippen LogP contribution in [0.3, 0.4) is 0 Å². The first-order valence-corrected chi connectivity index (χ1v) is 1.94. The third-order valence-electron chi connectivity index (χ3n) is 0.361. The average molecular weight is 85.2 g/mol. The topological polar surface area (TPSA) is 0 Å². The Kier molecular flexibility index (Phi) is 0.937. The molecule has 34 valence electrons. The van der Waals surface area contributed by atoms with Crippen molar-refractivity contribution >= 4 is 0 Å². The average Bonchev–Trinajstić information content (AvgIpc) is 1.59. The van der Waals surface area contributed by atoms with Gasteiger partial charge in [0.05, 0.1) is 0 Å². The van der Waals surface area contributed by atoms with E-state index in [1.807, 2.05) is 13.8 Å². The van der Waals surface area contributed by atoms with E-state index in [9.17, 15) is 0 Å². The van der Waals surface area contributed by atoms with Crippen LogP contribution in [0.15, 0.2) is 0 Å². The van der Waals surface area contributed by atoms with Gasteiger partial charge in [-0.3, -0.25) is 0 Å². The van der Waals surface area contributed by atoms with Crippen molar-refractivity contribution in [2.45, 2.75) is 20.7 Å². The van der Waals surface area contributed by atoms with Gasteiger partial charge in [0.2, 0.25) is 0 Å². The van der Waals surface area contributed by atoms with Gasteiger partial charge in [0, 0.05) is 10.0 Å². The maximum atomic E-state index is 6.68. The highest BCUT2D eigenvalue weighted by Crippen LogP contribution is 1.83. The molecule has 0 bridgehead atoms. The van der Waals surface area contributed by atoms with Crippen LogP contribution in [0.4, 0.5) is 0 Å². The van der Waals surface area contributed by atoms with Crippen LogP contribution in [0.2, 0.25) is 0 Å². The number of rotatable bonds is 0. The third-order valence-corrected chi connectivity index (χ3v) is 0.361. The Hall–Kier alpha value is -0.440. The summed E-state index contributed by atoms with van der Waals surface area (Å²) in [4.78, 5) is 0. The maximum absolute atomic E-state index is 6.68. The molecule has 0 nitrogen and oxygen atoms in total. The molecule has 0 aromatic carbocycles. The van der Waals surface area contributed by atoms with Gasteiger partial charge < -0.3 is 0 Å². The lowest BCUT2D eigenvalue weighted by Gasteiger charge is -1.82. The highest BCUT2D eigenvalue weighted by molar-refractivity contribution is 4.97. The van der Waals surface area contributed by atoms with Gasteiger partial charge in [-0.05, 0) is 6.85 Å². The lowest BCUT2D eigenvalue weighted by Crippen LogP contribution is -1.74. The maximum Gasteiger partial charge on any atom is 0.0366 e. The van der Waals surface area contributed by atoms with Crippen molar-refractivity contribution < 1.29 is 4.11 Å². The number of hydrogen-bond acceptors (Lipinski definition) is 0. The van der Waals surface area contributed by atoms with Crippen molar-refractivity contribution in [1.29, 1.82) is 0 Å². The molecule has 0 aromatic rings. The van der Waals surface area contributed by atoms with Crippen LogP contribution in [0.5, 0.6) is 0 Å². The molecule has 0 aromatic heterocycles. The zero-order chi connectivity index (χ0) is 7.49. The second-order valence-corrected chi connectivity index (χ2v) is 1.42. The Bertz CT molecular complexity index is 133. The van der Waals surface area contributed by atoms with Gasteiger partial charge in [-0.1, -0.05) is 13.8 Å². The van der Waals surface area contributed by atoms with Gasteiger partial charge >= 0.3 is 0 Å². The normalized spacial score (nSPS) is 16.8. The quantitative estimate of drug-likeness (QED) is 0.392. The lowest BCUT2D eigenvalue weighted by atomic mass is 10.2. The van der Waals surface area contributed by atoms with Gasteiger partial charge in [0.15, 0.2) is 0 Å². The summed E-state index contributed by atoms with van der Waals surface area (Å²) in [5.74, 6) is 4.89. The second kappa shape index (κ2) is 2.78. The molecule has 0 rings (SSSR count). The molecule has 0 heteroatoms. The Morgan fingerprint density at radius 3 is 2.50 bits per heavy atom. The van der Waals surface area contributed by atoms with Crippen molar-refractivity contribution in [3.63, 3.8) is 0 Å². The van der Waals surface area contributed by atoms with E-state index in [0.717, 1.165) is 0 Å². The summed E-state index contributed by atoms with van der Waals surface area (Å²) in [6, 6.07) is 0. The molecule has 0 heterocycles.